The third-order valence-electron chi connectivity index (χ3n) is 2.57. The molecule has 0 radical (unpaired) electrons. The smallest absolute Gasteiger partial charge is 0.320 e. The molecule has 0 fully saturated rings. The van der Waals surface area contributed by atoms with E-state index in [1.807, 2.05) is 0 Å². The van der Waals surface area contributed by atoms with Gasteiger partial charge in [-0.15, -0.1) is 0 Å². The lowest BCUT2D eigenvalue weighted by Gasteiger charge is -2.22. The van der Waals surface area contributed by atoms with Crippen molar-refractivity contribution >= 4 is 17.9 Å². The van der Waals surface area contributed by atoms with Crippen LogP contribution in [0.3, 0.4) is 0 Å². The van der Waals surface area contributed by atoms with Crippen LogP contribution in [0.4, 0.5) is 0 Å². The number of methoxy groups -OCH3 is 2. The Labute approximate surface area is 113 Å². The lowest BCUT2D eigenvalue weighted by Crippen LogP contribution is -2.35. The zero-order valence-electron chi connectivity index (χ0n) is 12.3. The SMILES string of the molecule is COC(=O)C(C(=O)OC)C(C)COC(=O)C(C)(C)C. The molecule has 0 aliphatic heterocycles. The van der Waals surface area contributed by atoms with Gasteiger partial charge < -0.3 is 14.2 Å². The van der Waals surface area contributed by atoms with Crippen LogP contribution in [0.2, 0.25) is 0 Å². The van der Waals surface area contributed by atoms with Crippen LogP contribution in [0.25, 0.3) is 0 Å². The summed E-state index contributed by atoms with van der Waals surface area (Å²) in [6, 6.07) is 0. The monoisotopic (exact) mass is 274 g/mol. The second-order valence-corrected chi connectivity index (χ2v) is 5.35. The molecule has 0 saturated carbocycles. The topological polar surface area (TPSA) is 78.9 Å². The molecule has 19 heavy (non-hydrogen) atoms. The molecule has 0 aromatic carbocycles. The van der Waals surface area contributed by atoms with E-state index in [0.717, 1.165) is 0 Å². The van der Waals surface area contributed by atoms with Gasteiger partial charge in [-0.25, -0.2) is 0 Å². The largest absolute Gasteiger partial charge is 0.468 e. The van der Waals surface area contributed by atoms with E-state index in [0.29, 0.717) is 0 Å². The summed E-state index contributed by atoms with van der Waals surface area (Å²) in [6.45, 7) is 6.73. The molecule has 0 aliphatic carbocycles. The van der Waals surface area contributed by atoms with Crippen molar-refractivity contribution in [3.8, 4) is 0 Å². The molecule has 0 N–H and O–H groups in total. The minimum absolute atomic E-state index is 0.0506. The molecule has 0 spiro atoms. The number of hydrogen-bond acceptors (Lipinski definition) is 6. The molecule has 110 valence electrons. The summed E-state index contributed by atoms with van der Waals surface area (Å²) in [4.78, 5) is 34.7. The Kier molecular flexibility index (Phi) is 6.52. The highest BCUT2D eigenvalue weighted by Crippen LogP contribution is 2.19. The van der Waals surface area contributed by atoms with Gasteiger partial charge in [0.2, 0.25) is 0 Å². The predicted molar refractivity (Wildman–Crippen MR) is 67.1 cm³/mol. The van der Waals surface area contributed by atoms with Gasteiger partial charge in [0.25, 0.3) is 0 Å². The van der Waals surface area contributed by atoms with Gasteiger partial charge in [-0.1, -0.05) is 6.92 Å². The van der Waals surface area contributed by atoms with Crippen LogP contribution in [0.1, 0.15) is 27.7 Å². The maximum absolute atomic E-state index is 11.6. The maximum atomic E-state index is 11.6. The van der Waals surface area contributed by atoms with Gasteiger partial charge in [0, 0.05) is 5.92 Å². The van der Waals surface area contributed by atoms with E-state index in [-0.39, 0.29) is 6.61 Å². The minimum Gasteiger partial charge on any atom is -0.468 e. The lowest BCUT2D eigenvalue weighted by atomic mass is 9.94. The second kappa shape index (κ2) is 7.11. The molecule has 0 aromatic heterocycles. The van der Waals surface area contributed by atoms with Gasteiger partial charge >= 0.3 is 17.9 Å². The van der Waals surface area contributed by atoms with Crippen molar-refractivity contribution in [2.75, 3.05) is 20.8 Å². The summed E-state index contributed by atoms with van der Waals surface area (Å²) in [7, 11) is 2.37. The van der Waals surface area contributed by atoms with Crippen LogP contribution < -0.4 is 0 Å². The Hall–Kier alpha value is -1.59. The normalized spacial score (nSPS) is 12.8. The van der Waals surface area contributed by atoms with Gasteiger partial charge in [0.15, 0.2) is 5.92 Å². The van der Waals surface area contributed by atoms with E-state index >= 15 is 0 Å². The number of carbonyl (C=O) groups is 3. The molecule has 1 atom stereocenters. The fraction of sp³-hybridized carbons (Fsp3) is 0.769. The zero-order chi connectivity index (χ0) is 15.2. The van der Waals surface area contributed by atoms with Crippen molar-refractivity contribution in [3.63, 3.8) is 0 Å². The van der Waals surface area contributed by atoms with Crippen molar-refractivity contribution < 1.29 is 28.6 Å². The zero-order valence-corrected chi connectivity index (χ0v) is 12.3. The maximum Gasteiger partial charge on any atom is 0.320 e. The molecular weight excluding hydrogens is 252 g/mol. The van der Waals surface area contributed by atoms with E-state index in [1.54, 1.807) is 27.7 Å². The molecule has 6 heteroatoms. The van der Waals surface area contributed by atoms with Crippen LogP contribution in [0, 0.1) is 17.3 Å². The first-order valence-electron chi connectivity index (χ1n) is 5.98. The van der Waals surface area contributed by atoms with Crippen molar-refractivity contribution in [2.45, 2.75) is 27.7 Å². The van der Waals surface area contributed by atoms with Crippen molar-refractivity contribution in [1.82, 2.24) is 0 Å². The first-order chi connectivity index (χ1) is 8.65. The highest BCUT2D eigenvalue weighted by molar-refractivity contribution is 5.95. The molecule has 0 bridgehead atoms. The van der Waals surface area contributed by atoms with Crippen LogP contribution in [0.15, 0.2) is 0 Å². The highest BCUT2D eigenvalue weighted by Gasteiger charge is 2.35. The number of ether oxygens (including phenoxy) is 3. The Morgan fingerprint density at radius 2 is 1.42 bits per heavy atom. The Morgan fingerprint density at radius 3 is 1.74 bits per heavy atom. The molecule has 0 amide bonds. The summed E-state index contributed by atoms with van der Waals surface area (Å²) < 4.78 is 14.2. The predicted octanol–water partition coefficient (Wildman–Crippen LogP) is 1.17. The molecule has 0 aliphatic rings. The summed E-state index contributed by atoms with van der Waals surface area (Å²) in [5.41, 5.74) is -0.633. The van der Waals surface area contributed by atoms with Crippen molar-refractivity contribution in [2.24, 2.45) is 17.3 Å². The Balaban J connectivity index is 4.67. The fourth-order valence-corrected chi connectivity index (χ4v) is 1.33. The minimum atomic E-state index is -1.09. The number of esters is 3. The quantitative estimate of drug-likeness (QED) is 0.425. The van der Waals surface area contributed by atoms with E-state index in [9.17, 15) is 14.4 Å². The number of carbonyl (C=O) groups excluding carboxylic acids is 3. The van der Waals surface area contributed by atoms with Crippen LogP contribution in [-0.2, 0) is 28.6 Å². The molecule has 0 rings (SSSR count). The van der Waals surface area contributed by atoms with Gasteiger partial charge in [-0.05, 0) is 20.8 Å². The van der Waals surface area contributed by atoms with Gasteiger partial charge in [0.05, 0.1) is 26.2 Å². The lowest BCUT2D eigenvalue weighted by molar-refractivity contribution is -0.166. The first kappa shape index (κ1) is 17.4. The van der Waals surface area contributed by atoms with Crippen LogP contribution in [-0.4, -0.2) is 38.7 Å². The molecule has 6 nitrogen and oxygen atoms in total. The molecule has 0 saturated heterocycles. The third-order valence-corrected chi connectivity index (χ3v) is 2.57. The number of rotatable bonds is 5. The van der Waals surface area contributed by atoms with Crippen LogP contribution >= 0.6 is 0 Å². The van der Waals surface area contributed by atoms with Gasteiger partial charge in [0.1, 0.15) is 0 Å². The second-order valence-electron chi connectivity index (χ2n) is 5.35. The molecule has 0 aromatic rings. The van der Waals surface area contributed by atoms with Gasteiger partial charge in [-0.2, -0.15) is 0 Å². The standard InChI is InChI=1S/C13H22O6/c1-8(7-19-12(16)13(2,3)4)9(10(14)17-5)11(15)18-6/h8-9H,7H2,1-6H3. The summed E-state index contributed by atoms with van der Waals surface area (Å²) in [5.74, 6) is -3.42. The summed E-state index contributed by atoms with van der Waals surface area (Å²) >= 11 is 0. The first-order valence-corrected chi connectivity index (χ1v) is 5.98. The third kappa shape index (κ3) is 5.28. The molecule has 1 unspecified atom stereocenters. The van der Waals surface area contributed by atoms with E-state index in [4.69, 9.17) is 4.74 Å². The van der Waals surface area contributed by atoms with Crippen LogP contribution in [0.5, 0.6) is 0 Å². The van der Waals surface area contributed by atoms with Crippen molar-refractivity contribution in [3.05, 3.63) is 0 Å². The Morgan fingerprint density at radius 1 is 1.00 bits per heavy atom. The summed E-state index contributed by atoms with van der Waals surface area (Å²) in [5, 5.41) is 0. The van der Waals surface area contributed by atoms with E-state index < -0.39 is 35.2 Å². The fourth-order valence-electron chi connectivity index (χ4n) is 1.33. The molecule has 0 heterocycles. The summed E-state index contributed by atoms with van der Waals surface area (Å²) in [6.07, 6.45) is 0. The van der Waals surface area contributed by atoms with E-state index in [1.165, 1.54) is 14.2 Å². The highest BCUT2D eigenvalue weighted by atomic mass is 16.5. The number of hydrogen-bond donors (Lipinski definition) is 0. The molecular formula is C13H22O6. The average Bonchev–Trinajstić information content (AvgIpc) is 2.34. The average molecular weight is 274 g/mol. The Bertz CT molecular complexity index is 326. The van der Waals surface area contributed by atoms with Crippen molar-refractivity contribution in [1.29, 1.82) is 0 Å². The van der Waals surface area contributed by atoms with E-state index in [2.05, 4.69) is 9.47 Å². The van der Waals surface area contributed by atoms with Gasteiger partial charge in [-0.3, -0.25) is 14.4 Å².